The van der Waals surface area contributed by atoms with Crippen LogP contribution in [0, 0.1) is 0 Å². The molecule has 0 aliphatic carbocycles. The van der Waals surface area contributed by atoms with E-state index in [1.165, 1.54) is 16.8 Å². The average molecular weight is 365 g/mol. The van der Waals surface area contributed by atoms with Crippen LogP contribution in [-0.2, 0) is 0 Å². The third-order valence-electron chi connectivity index (χ3n) is 3.63. The third-order valence-corrected chi connectivity index (χ3v) is 4.26. The quantitative estimate of drug-likeness (QED) is 0.495. The van der Waals surface area contributed by atoms with E-state index < -0.39 is 0 Å². The lowest BCUT2D eigenvalue weighted by molar-refractivity contribution is 0.882. The Labute approximate surface area is 155 Å². The maximum absolute atomic E-state index is 4.34. The molecule has 2 rings (SSSR count). The predicted molar refractivity (Wildman–Crippen MR) is 114 cm³/mol. The van der Waals surface area contributed by atoms with E-state index in [9.17, 15) is 0 Å². The Morgan fingerprint density at radius 3 is 1.70 bits per heavy atom. The zero-order valence-electron chi connectivity index (χ0n) is 13.2. The van der Waals surface area contributed by atoms with Crippen LogP contribution in [0.2, 0.25) is 0 Å². The predicted octanol–water partition coefficient (Wildman–Crippen LogP) is 4.36. The second kappa shape index (κ2) is 10.1. The molecule has 5 heteroatoms. The SMILES string of the molecule is SCCNc1ccc(-c2ccc(N(CCS)CCS)cc2)cc1. The van der Waals surface area contributed by atoms with Crippen molar-refractivity contribution in [3.8, 4) is 11.1 Å². The number of hydrogen-bond acceptors (Lipinski definition) is 5. The summed E-state index contributed by atoms with van der Waals surface area (Å²) < 4.78 is 0. The van der Waals surface area contributed by atoms with Crippen molar-refractivity contribution < 1.29 is 0 Å². The van der Waals surface area contributed by atoms with Crippen molar-refractivity contribution in [2.45, 2.75) is 0 Å². The molecule has 0 aliphatic rings. The number of benzene rings is 2. The Morgan fingerprint density at radius 2 is 1.22 bits per heavy atom. The summed E-state index contributed by atoms with van der Waals surface area (Å²) in [6.07, 6.45) is 0. The molecule has 0 bridgehead atoms. The van der Waals surface area contributed by atoms with Gasteiger partial charge in [0.1, 0.15) is 0 Å². The maximum atomic E-state index is 4.34. The summed E-state index contributed by atoms with van der Waals surface area (Å²) in [6, 6.07) is 17.2. The molecule has 0 radical (unpaired) electrons. The van der Waals surface area contributed by atoms with Crippen LogP contribution in [0.25, 0.3) is 11.1 Å². The number of nitrogens with one attached hydrogen (secondary N) is 1. The van der Waals surface area contributed by atoms with Crippen molar-refractivity contribution in [3.63, 3.8) is 0 Å². The lowest BCUT2D eigenvalue weighted by Crippen LogP contribution is -2.27. The normalized spacial score (nSPS) is 10.6. The standard InChI is InChI=1S/C18H24N2S3/c21-12-9-19-17-5-1-15(2-6-17)16-3-7-18(8-4-16)20(10-13-22)11-14-23/h1-8,19,21-23H,9-14H2. The van der Waals surface area contributed by atoms with Gasteiger partial charge in [-0.25, -0.2) is 0 Å². The van der Waals surface area contributed by atoms with Gasteiger partial charge >= 0.3 is 0 Å². The Hall–Kier alpha value is -0.910. The molecule has 0 aromatic heterocycles. The molecule has 1 N–H and O–H groups in total. The molecule has 0 atom stereocenters. The molecule has 0 amide bonds. The molecule has 124 valence electrons. The van der Waals surface area contributed by atoms with Gasteiger partial charge in [-0.1, -0.05) is 24.3 Å². The van der Waals surface area contributed by atoms with E-state index in [1.54, 1.807) is 0 Å². The molecule has 2 aromatic rings. The summed E-state index contributed by atoms with van der Waals surface area (Å²) in [6.45, 7) is 2.76. The largest absolute Gasteiger partial charge is 0.384 e. The van der Waals surface area contributed by atoms with Crippen LogP contribution in [0.5, 0.6) is 0 Å². The summed E-state index contributed by atoms with van der Waals surface area (Å²) in [5, 5.41) is 3.33. The first-order valence-corrected chi connectivity index (χ1v) is 9.70. The lowest BCUT2D eigenvalue weighted by atomic mass is 10.0. The number of nitrogens with zero attached hydrogens (tertiary/aromatic N) is 1. The van der Waals surface area contributed by atoms with Crippen molar-refractivity contribution in [2.24, 2.45) is 0 Å². The Morgan fingerprint density at radius 1 is 0.696 bits per heavy atom. The molecule has 0 spiro atoms. The average Bonchev–Trinajstić information content (AvgIpc) is 2.60. The highest BCUT2D eigenvalue weighted by molar-refractivity contribution is 7.80. The van der Waals surface area contributed by atoms with Gasteiger partial charge in [-0.3, -0.25) is 0 Å². The fourth-order valence-electron chi connectivity index (χ4n) is 2.46. The van der Waals surface area contributed by atoms with Gasteiger partial charge in [0.2, 0.25) is 0 Å². The van der Waals surface area contributed by atoms with Gasteiger partial charge in [-0.2, -0.15) is 37.9 Å². The minimum Gasteiger partial charge on any atom is -0.384 e. The van der Waals surface area contributed by atoms with Gasteiger partial charge in [-0.15, -0.1) is 0 Å². The zero-order valence-corrected chi connectivity index (χ0v) is 15.8. The molecule has 2 aromatic carbocycles. The van der Waals surface area contributed by atoms with Crippen molar-refractivity contribution >= 4 is 49.3 Å². The molecule has 0 aliphatic heterocycles. The number of hydrogen-bond donors (Lipinski definition) is 4. The molecule has 23 heavy (non-hydrogen) atoms. The number of rotatable bonds is 9. The minimum atomic E-state index is 0.832. The summed E-state index contributed by atoms with van der Waals surface area (Å²) in [7, 11) is 0. The van der Waals surface area contributed by atoms with Gasteiger partial charge < -0.3 is 10.2 Å². The zero-order chi connectivity index (χ0) is 16.5. The monoisotopic (exact) mass is 364 g/mol. The number of anilines is 2. The minimum absolute atomic E-state index is 0.832. The van der Waals surface area contributed by atoms with Crippen molar-refractivity contribution in [3.05, 3.63) is 48.5 Å². The molecule has 0 saturated carbocycles. The van der Waals surface area contributed by atoms with Crippen molar-refractivity contribution in [1.82, 2.24) is 0 Å². The van der Waals surface area contributed by atoms with Crippen LogP contribution in [0.3, 0.4) is 0 Å². The Bertz CT molecular complexity index is 564. The molecule has 0 unspecified atom stereocenters. The van der Waals surface area contributed by atoms with Gasteiger partial charge in [0, 0.05) is 48.3 Å². The van der Waals surface area contributed by atoms with Crippen LogP contribution in [0.4, 0.5) is 11.4 Å². The number of thiol groups is 3. The molecule has 0 fully saturated rings. The molecule has 0 saturated heterocycles. The van der Waals surface area contributed by atoms with Gasteiger partial charge in [0.05, 0.1) is 0 Å². The van der Waals surface area contributed by atoms with E-state index in [4.69, 9.17) is 0 Å². The lowest BCUT2D eigenvalue weighted by Gasteiger charge is -2.23. The van der Waals surface area contributed by atoms with Gasteiger partial charge in [0.25, 0.3) is 0 Å². The highest BCUT2D eigenvalue weighted by Gasteiger charge is 2.05. The highest BCUT2D eigenvalue weighted by Crippen LogP contribution is 2.24. The van der Waals surface area contributed by atoms with Gasteiger partial charge in [0.15, 0.2) is 0 Å². The molecule has 2 nitrogen and oxygen atoms in total. The summed E-state index contributed by atoms with van der Waals surface area (Å²) in [4.78, 5) is 2.31. The van der Waals surface area contributed by atoms with E-state index in [2.05, 4.69) is 96.6 Å². The molecular weight excluding hydrogens is 340 g/mol. The second-order valence-corrected chi connectivity index (χ2v) is 6.55. The fraction of sp³-hybridized carbons (Fsp3) is 0.333. The van der Waals surface area contributed by atoms with E-state index in [1.807, 2.05) is 0 Å². The summed E-state index contributed by atoms with van der Waals surface area (Å²) >= 11 is 12.9. The van der Waals surface area contributed by atoms with Gasteiger partial charge in [-0.05, 0) is 35.4 Å². The highest BCUT2D eigenvalue weighted by atomic mass is 32.1. The van der Waals surface area contributed by atoms with E-state index >= 15 is 0 Å². The first-order chi connectivity index (χ1) is 11.3. The smallest absolute Gasteiger partial charge is 0.0367 e. The Kier molecular flexibility index (Phi) is 8.06. The Balaban J connectivity index is 2.09. The van der Waals surface area contributed by atoms with Crippen LogP contribution < -0.4 is 10.2 Å². The summed E-state index contributed by atoms with van der Waals surface area (Å²) in [5.74, 6) is 2.52. The summed E-state index contributed by atoms with van der Waals surface area (Å²) in [5.41, 5.74) is 4.81. The fourth-order valence-corrected chi connectivity index (χ4v) is 3.05. The first-order valence-electron chi connectivity index (χ1n) is 7.80. The van der Waals surface area contributed by atoms with Crippen molar-refractivity contribution in [2.75, 3.05) is 47.1 Å². The van der Waals surface area contributed by atoms with Crippen LogP contribution in [0.15, 0.2) is 48.5 Å². The first kappa shape index (κ1) is 18.4. The van der Waals surface area contributed by atoms with Crippen molar-refractivity contribution in [1.29, 1.82) is 0 Å². The van der Waals surface area contributed by atoms with Crippen LogP contribution >= 0.6 is 37.9 Å². The molecular formula is C18H24N2S3. The molecule has 0 heterocycles. The third kappa shape index (κ3) is 5.59. The van der Waals surface area contributed by atoms with Crippen LogP contribution in [0.1, 0.15) is 0 Å². The second-order valence-electron chi connectivity index (χ2n) is 5.21. The topological polar surface area (TPSA) is 15.3 Å². The van der Waals surface area contributed by atoms with Crippen LogP contribution in [-0.4, -0.2) is 36.9 Å². The van der Waals surface area contributed by atoms with E-state index in [-0.39, 0.29) is 0 Å². The van der Waals surface area contributed by atoms with E-state index in [0.717, 1.165) is 42.6 Å². The van der Waals surface area contributed by atoms with E-state index in [0.29, 0.717) is 0 Å². The maximum Gasteiger partial charge on any atom is 0.0367 e.